The summed E-state index contributed by atoms with van der Waals surface area (Å²) in [5, 5.41) is 7.76. The molecule has 2 aliphatic rings. The summed E-state index contributed by atoms with van der Waals surface area (Å²) in [7, 11) is 1.69. The van der Waals surface area contributed by atoms with Gasteiger partial charge in [0.15, 0.2) is 0 Å². The fourth-order valence-electron chi connectivity index (χ4n) is 4.75. The second kappa shape index (κ2) is 8.20. The van der Waals surface area contributed by atoms with Crippen LogP contribution in [0, 0.1) is 17.7 Å². The molecule has 2 aromatic heterocycles. The van der Waals surface area contributed by atoms with Crippen LogP contribution in [0.3, 0.4) is 0 Å². The number of benzene rings is 1. The molecule has 1 saturated heterocycles. The van der Waals surface area contributed by atoms with E-state index in [-0.39, 0.29) is 23.9 Å². The summed E-state index contributed by atoms with van der Waals surface area (Å²) in [6.07, 6.45) is -1.32. The number of pyridine rings is 1. The van der Waals surface area contributed by atoms with E-state index in [1.54, 1.807) is 25.2 Å². The Morgan fingerprint density at radius 2 is 1.85 bits per heavy atom. The minimum Gasteiger partial charge on any atom is -0.424 e. The molecule has 3 heterocycles. The molecule has 3 aromatic rings. The van der Waals surface area contributed by atoms with Gasteiger partial charge in [-0.1, -0.05) is 6.07 Å². The Hall–Kier alpha value is -3.37. The molecule has 5 rings (SSSR count). The van der Waals surface area contributed by atoms with E-state index in [9.17, 15) is 17.6 Å². The molecular formula is C22H22F4N6O. The maximum atomic E-state index is 13.4. The first-order chi connectivity index (χ1) is 15.8. The van der Waals surface area contributed by atoms with Crippen LogP contribution in [0.5, 0.6) is 11.8 Å². The first-order valence-corrected chi connectivity index (χ1v) is 10.7. The van der Waals surface area contributed by atoms with Crippen LogP contribution in [-0.2, 0) is 13.2 Å². The number of fused-ring (bicyclic) bond motifs is 2. The molecule has 7 nitrogen and oxygen atoms in total. The SMILES string of the molecule is Cn1nc(N[C@H]2[C@@H]3CC[C@H]2CN(c2ccnc(C(F)(F)F)c2)C3)nc1Oc1cccc(F)c1. The fourth-order valence-corrected chi connectivity index (χ4v) is 4.75. The van der Waals surface area contributed by atoms with E-state index in [0.717, 1.165) is 18.9 Å². The third-order valence-electron chi connectivity index (χ3n) is 6.26. The average molecular weight is 462 g/mol. The van der Waals surface area contributed by atoms with Crippen LogP contribution in [-0.4, -0.2) is 38.9 Å². The van der Waals surface area contributed by atoms with Crippen LogP contribution in [0.25, 0.3) is 0 Å². The summed E-state index contributed by atoms with van der Waals surface area (Å²) in [4.78, 5) is 9.85. The highest BCUT2D eigenvalue weighted by molar-refractivity contribution is 5.49. The van der Waals surface area contributed by atoms with Gasteiger partial charge < -0.3 is 15.0 Å². The first-order valence-electron chi connectivity index (χ1n) is 10.7. The molecule has 3 atom stereocenters. The van der Waals surface area contributed by atoms with Gasteiger partial charge in [-0.3, -0.25) is 4.98 Å². The molecule has 1 aliphatic carbocycles. The van der Waals surface area contributed by atoms with E-state index in [0.29, 0.717) is 30.5 Å². The molecule has 11 heteroatoms. The minimum absolute atomic E-state index is 0.106. The lowest BCUT2D eigenvalue weighted by Gasteiger charge is -2.39. The third kappa shape index (κ3) is 4.44. The van der Waals surface area contributed by atoms with Crippen LogP contribution in [0.1, 0.15) is 18.5 Å². The van der Waals surface area contributed by atoms with Crippen molar-refractivity contribution < 1.29 is 22.3 Å². The number of rotatable bonds is 5. The van der Waals surface area contributed by atoms with Crippen molar-refractivity contribution in [3.05, 3.63) is 54.1 Å². The van der Waals surface area contributed by atoms with Crippen molar-refractivity contribution in [2.45, 2.75) is 25.1 Å². The Morgan fingerprint density at radius 3 is 2.55 bits per heavy atom. The number of halogens is 4. The highest BCUT2D eigenvalue weighted by Crippen LogP contribution is 2.41. The summed E-state index contributed by atoms with van der Waals surface area (Å²) < 4.78 is 59.7. The Kier molecular flexibility index (Phi) is 5.34. The normalized spacial score (nSPS) is 22.5. The number of nitrogens with one attached hydrogen (secondary N) is 1. The largest absolute Gasteiger partial charge is 0.433 e. The quantitative estimate of drug-likeness (QED) is 0.564. The number of hydrogen-bond donors (Lipinski definition) is 1. The van der Waals surface area contributed by atoms with Gasteiger partial charge in [0.05, 0.1) is 0 Å². The average Bonchev–Trinajstić information content (AvgIpc) is 3.21. The Balaban J connectivity index is 1.28. The lowest BCUT2D eigenvalue weighted by atomic mass is 9.92. The second-order valence-corrected chi connectivity index (χ2v) is 8.47. The first kappa shape index (κ1) is 21.5. The van der Waals surface area contributed by atoms with Crippen molar-refractivity contribution in [2.75, 3.05) is 23.3 Å². The summed E-state index contributed by atoms with van der Waals surface area (Å²) in [5.41, 5.74) is -0.342. The maximum Gasteiger partial charge on any atom is 0.433 e. The van der Waals surface area contributed by atoms with Gasteiger partial charge in [-0.2, -0.15) is 18.2 Å². The highest BCUT2D eigenvalue weighted by Gasteiger charge is 2.43. The van der Waals surface area contributed by atoms with Crippen LogP contribution in [0.15, 0.2) is 42.6 Å². The molecule has 0 amide bonds. The molecule has 1 aromatic carbocycles. The van der Waals surface area contributed by atoms with Gasteiger partial charge in [0.2, 0.25) is 5.95 Å². The van der Waals surface area contributed by atoms with Crippen LogP contribution in [0.4, 0.5) is 29.2 Å². The smallest absolute Gasteiger partial charge is 0.424 e. The number of hydrogen-bond acceptors (Lipinski definition) is 6. The Morgan fingerprint density at radius 1 is 1.09 bits per heavy atom. The Labute approximate surface area is 187 Å². The van der Waals surface area contributed by atoms with Gasteiger partial charge in [-0.15, -0.1) is 5.10 Å². The van der Waals surface area contributed by atoms with Gasteiger partial charge in [-0.25, -0.2) is 9.07 Å². The summed E-state index contributed by atoms with van der Waals surface area (Å²) in [6, 6.07) is 8.84. The van der Waals surface area contributed by atoms with Crippen molar-refractivity contribution in [3.63, 3.8) is 0 Å². The zero-order valence-electron chi connectivity index (χ0n) is 17.8. The van der Waals surface area contributed by atoms with E-state index in [2.05, 4.69) is 20.4 Å². The molecule has 0 radical (unpaired) electrons. The molecule has 2 fully saturated rings. The zero-order valence-corrected chi connectivity index (χ0v) is 17.8. The maximum absolute atomic E-state index is 13.4. The van der Waals surface area contributed by atoms with E-state index in [1.165, 1.54) is 23.0 Å². The van der Waals surface area contributed by atoms with Crippen molar-refractivity contribution in [2.24, 2.45) is 18.9 Å². The number of aromatic nitrogens is 4. The van der Waals surface area contributed by atoms with Gasteiger partial charge in [-0.05, 0) is 48.9 Å². The number of ether oxygens (including phenoxy) is 1. The van der Waals surface area contributed by atoms with Crippen molar-refractivity contribution >= 4 is 11.6 Å². The molecule has 1 saturated carbocycles. The summed E-state index contributed by atoms with van der Waals surface area (Å²) >= 11 is 0. The van der Waals surface area contributed by atoms with Crippen molar-refractivity contribution in [1.29, 1.82) is 0 Å². The zero-order chi connectivity index (χ0) is 23.2. The van der Waals surface area contributed by atoms with Gasteiger partial charge in [0.1, 0.15) is 17.3 Å². The van der Waals surface area contributed by atoms with Crippen LogP contribution < -0.4 is 15.0 Å². The number of anilines is 2. The summed E-state index contributed by atoms with van der Waals surface area (Å²) in [6.45, 7) is 1.27. The molecule has 2 bridgehead atoms. The van der Waals surface area contributed by atoms with Crippen molar-refractivity contribution in [1.82, 2.24) is 19.7 Å². The molecule has 1 aliphatic heterocycles. The summed E-state index contributed by atoms with van der Waals surface area (Å²) in [5.74, 6) is 0.793. The molecular weight excluding hydrogens is 440 g/mol. The minimum atomic E-state index is -4.47. The number of nitrogens with zero attached hydrogens (tertiary/aromatic N) is 5. The predicted octanol–water partition coefficient (Wildman–Crippen LogP) is 4.49. The van der Waals surface area contributed by atoms with E-state index in [1.807, 2.05) is 4.90 Å². The van der Waals surface area contributed by atoms with E-state index < -0.39 is 17.7 Å². The molecule has 174 valence electrons. The van der Waals surface area contributed by atoms with Gasteiger partial charge in [0.25, 0.3) is 0 Å². The fraction of sp³-hybridized carbons (Fsp3) is 0.409. The topological polar surface area (TPSA) is 68.1 Å². The van der Waals surface area contributed by atoms with E-state index in [4.69, 9.17) is 4.74 Å². The molecule has 33 heavy (non-hydrogen) atoms. The predicted molar refractivity (Wildman–Crippen MR) is 113 cm³/mol. The Bertz CT molecular complexity index is 1140. The van der Waals surface area contributed by atoms with Crippen molar-refractivity contribution in [3.8, 4) is 11.8 Å². The molecule has 1 N–H and O–H groups in total. The van der Waals surface area contributed by atoms with Crippen LogP contribution in [0.2, 0.25) is 0 Å². The molecule has 0 unspecified atom stereocenters. The van der Waals surface area contributed by atoms with E-state index >= 15 is 0 Å². The monoisotopic (exact) mass is 462 g/mol. The highest BCUT2D eigenvalue weighted by atomic mass is 19.4. The molecule has 0 spiro atoms. The standard InChI is InChI=1S/C22H22F4N6O/c1-31-21(33-17-4-2-3-15(23)9-17)29-20(30-31)28-19-13-5-6-14(19)12-32(11-13)16-7-8-27-18(10-16)22(24,25)26/h2-4,7-10,13-14,19H,5-6,11-12H2,1H3,(H,28,30)/t13-,14+,19+. The second-order valence-electron chi connectivity index (χ2n) is 8.47. The lowest BCUT2D eigenvalue weighted by molar-refractivity contribution is -0.141. The number of aryl methyl sites for hydroxylation is 1. The van der Waals surface area contributed by atoms with Crippen LogP contribution >= 0.6 is 0 Å². The number of piperidine rings is 1. The number of alkyl halides is 3. The van der Waals surface area contributed by atoms with Gasteiger partial charge in [0, 0.05) is 44.1 Å². The third-order valence-corrected chi connectivity index (χ3v) is 6.26. The lowest BCUT2D eigenvalue weighted by Crippen LogP contribution is -2.48. The van der Waals surface area contributed by atoms with Gasteiger partial charge >= 0.3 is 12.2 Å².